The van der Waals surface area contributed by atoms with E-state index >= 15 is 0 Å². The van der Waals surface area contributed by atoms with Crippen molar-refractivity contribution < 1.29 is 9.18 Å². The minimum absolute atomic E-state index is 0.301. The third-order valence-corrected chi connectivity index (χ3v) is 6.79. The van der Waals surface area contributed by atoms with Crippen LogP contribution in [-0.2, 0) is 19.5 Å². The zero-order valence-electron chi connectivity index (χ0n) is 16.1. The molecule has 0 saturated carbocycles. The van der Waals surface area contributed by atoms with Gasteiger partial charge in [-0.05, 0) is 49.1 Å². The zero-order chi connectivity index (χ0) is 20.0. The highest BCUT2D eigenvalue weighted by Crippen LogP contribution is 2.34. The van der Waals surface area contributed by atoms with Crippen LogP contribution in [-0.4, -0.2) is 38.7 Å². The Morgan fingerprint density at radius 2 is 2.07 bits per heavy atom. The van der Waals surface area contributed by atoms with E-state index in [0.29, 0.717) is 23.3 Å². The van der Waals surface area contributed by atoms with Crippen molar-refractivity contribution in [2.45, 2.75) is 26.4 Å². The smallest absolute Gasteiger partial charge is 0.293 e. The van der Waals surface area contributed by atoms with Gasteiger partial charge in [-0.1, -0.05) is 6.07 Å². The highest BCUT2D eigenvalue weighted by atomic mass is 32.1. The van der Waals surface area contributed by atoms with Crippen molar-refractivity contribution in [2.24, 2.45) is 11.8 Å². The monoisotopic (exact) mass is 411 g/mol. The van der Waals surface area contributed by atoms with E-state index in [2.05, 4.69) is 39.5 Å². The van der Waals surface area contributed by atoms with Gasteiger partial charge in [0.1, 0.15) is 11.6 Å². The number of benzene rings is 1. The van der Waals surface area contributed by atoms with Crippen LogP contribution in [0.3, 0.4) is 0 Å². The number of hydrogen-bond donors (Lipinski definition) is 1. The topological polar surface area (TPSA) is 63.1 Å². The average molecular weight is 412 g/mol. The SMILES string of the molecule is Cc1ccc(CN2C[C@@H]3Cn4c(nnc4C(=O)Nc4cccc(F)c4)C[C@H]3C2)s1. The van der Waals surface area contributed by atoms with E-state index in [1.54, 1.807) is 12.1 Å². The summed E-state index contributed by atoms with van der Waals surface area (Å²) in [5.41, 5.74) is 0.416. The van der Waals surface area contributed by atoms with Gasteiger partial charge in [-0.25, -0.2) is 4.39 Å². The van der Waals surface area contributed by atoms with Gasteiger partial charge in [0.15, 0.2) is 0 Å². The van der Waals surface area contributed by atoms with Crippen LogP contribution in [0.15, 0.2) is 36.4 Å². The maximum Gasteiger partial charge on any atom is 0.293 e. The van der Waals surface area contributed by atoms with Crippen LogP contribution in [0.2, 0.25) is 0 Å². The zero-order valence-corrected chi connectivity index (χ0v) is 17.0. The number of fused-ring (bicyclic) bond motifs is 2. The fourth-order valence-electron chi connectivity index (χ4n) is 4.46. The predicted octanol–water partition coefficient (Wildman–Crippen LogP) is 3.34. The average Bonchev–Trinajstić information content (AvgIpc) is 3.37. The maximum atomic E-state index is 13.4. The molecule has 6 nitrogen and oxygen atoms in total. The van der Waals surface area contributed by atoms with Gasteiger partial charge in [0.05, 0.1) is 0 Å². The number of halogens is 1. The molecular weight excluding hydrogens is 389 g/mol. The van der Waals surface area contributed by atoms with Gasteiger partial charge in [-0.15, -0.1) is 21.5 Å². The summed E-state index contributed by atoms with van der Waals surface area (Å²) in [6.45, 7) is 5.95. The number of nitrogens with zero attached hydrogens (tertiary/aromatic N) is 4. The molecule has 1 fully saturated rings. The van der Waals surface area contributed by atoms with Crippen LogP contribution in [0.5, 0.6) is 0 Å². The molecule has 0 spiro atoms. The molecule has 0 bridgehead atoms. The second kappa shape index (κ2) is 7.35. The number of aromatic nitrogens is 3. The second-order valence-electron chi connectivity index (χ2n) is 7.95. The Morgan fingerprint density at radius 3 is 2.86 bits per heavy atom. The fraction of sp³-hybridized carbons (Fsp3) is 0.381. The van der Waals surface area contributed by atoms with Crippen LogP contribution in [0.4, 0.5) is 10.1 Å². The number of hydrogen-bond acceptors (Lipinski definition) is 5. The van der Waals surface area contributed by atoms with E-state index in [1.807, 2.05) is 15.9 Å². The van der Waals surface area contributed by atoms with Gasteiger partial charge >= 0.3 is 0 Å². The molecule has 4 heterocycles. The maximum absolute atomic E-state index is 13.4. The number of aryl methyl sites for hydroxylation is 1. The molecule has 2 aliphatic heterocycles. The first-order chi connectivity index (χ1) is 14.0. The number of rotatable bonds is 4. The fourth-order valence-corrected chi connectivity index (χ4v) is 5.39. The predicted molar refractivity (Wildman–Crippen MR) is 109 cm³/mol. The molecule has 3 aromatic rings. The number of nitrogens with one attached hydrogen (secondary N) is 1. The Labute approximate surface area is 172 Å². The van der Waals surface area contributed by atoms with Gasteiger partial charge in [-0.2, -0.15) is 0 Å². The van der Waals surface area contributed by atoms with Crippen LogP contribution in [0.25, 0.3) is 0 Å². The Kier molecular flexibility index (Phi) is 4.67. The van der Waals surface area contributed by atoms with Gasteiger partial charge in [-0.3, -0.25) is 9.69 Å². The third-order valence-electron chi connectivity index (χ3n) is 5.80. The van der Waals surface area contributed by atoms with E-state index in [1.165, 1.54) is 21.9 Å². The Bertz CT molecular complexity index is 1060. The van der Waals surface area contributed by atoms with Crippen molar-refractivity contribution >= 4 is 22.9 Å². The number of likely N-dealkylation sites (tertiary alicyclic amines) is 1. The van der Waals surface area contributed by atoms with Gasteiger partial charge in [0.25, 0.3) is 5.91 Å². The number of carbonyl (C=O) groups is 1. The van der Waals surface area contributed by atoms with Crippen LogP contribution in [0, 0.1) is 24.6 Å². The van der Waals surface area contributed by atoms with E-state index in [0.717, 1.165) is 38.4 Å². The molecule has 1 amide bonds. The first kappa shape index (κ1) is 18.4. The van der Waals surface area contributed by atoms with Crippen LogP contribution in [0.1, 0.15) is 26.2 Å². The molecule has 1 saturated heterocycles. The lowest BCUT2D eigenvalue weighted by Crippen LogP contribution is -2.31. The van der Waals surface area contributed by atoms with Crippen molar-refractivity contribution in [3.05, 3.63) is 63.6 Å². The quantitative estimate of drug-likeness (QED) is 0.715. The molecule has 29 heavy (non-hydrogen) atoms. The minimum atomic E-state index is -0.388. The molecule has 1 N–H and O–H groups in total. The molecule has 2 aliphatic rings. The molecule has 8 heteroatoms. The summed E-state index contributed by atoms with van der Waals surface area (Å²) in [5, 5.41) is 11.1. The normalized spacial score (nSPS) is 21.0. The lowest BCUT2D eigenvalue weighted by Gasteiger charge is -2.25. The Balaban J connectivity index is 1.28. The summed E-state index contributed by atoms with van der Waals surface area (Å²) in [5.74, 6) is 1.46. The van der Waals surface area contributed by atoms with E-state index in [4.69, 9.17) is 0 Å². The van der Waals surface area contributed by atoms with Crippen molar-refractivity contribution in [1.29, 1.82) is 0 Å². The summed E-state index contributed by atoms with van der Waals surface area (Å²) in [6, 6.07) is 10.3. The Morgan fingerprint density at radius 1 is 1.21 bits per heavy atom. The lowest BCUT2D eigenvalue weighted by atomic mass is 9.89. The highest BCUT2D eigenvalue weighted by molar-refractivity contribution is 7.11. The summed E-state index contributed by atoms with van der Waals surface area (Å²) in [4.78, 5) is 17.9. The van der Waals surface area contributed by atoms with E-state index in [-0.39, 0.29) is 11.7 Å². The van der Waals surface area contributed by atoms with E-state index in [9.17, 15) is 9.18 Å². The summed E-state index contributed by atoms with van der Waals surface area (Å²) in [7, 11) is 0. The van der Waals surface area contributed by atoms with Gasteiger partial charge in [0.2, 0.25) is 5.82 Å². The standard InChI is InChI=1S/C21H22FN5OS/c1-13-5-6-18(29-13)12-26-9-14-7-19-24-25-20(27(19)11-15(14)10-26)21(28)23-17-4-2-3-16(22)8-17/h2-6,8,14-15H,7,9-12H2,1H3,(H,23,28)/t14-,15+/m0/s1. The molecule has 5 rings (SSSR count). The summed E-state index contributed by atoms with van der Waals surface area (Å²) < 4.78 is 15.3. The molecule has 0 radical (unpaired) electrons. The van der Waals surface area contributed by atoms with Crippen molar-refractivity contribution in [3.63, 3.8) is 0 Å². The summed E-state index contributed by atoms with van der Waals surface area (Å²) in [6.07, 6.45) is 0.838. The largest absolute Gasteiger partial charge is 0.319 e. The molecule has 0 unspecified atom stereocenters. The lowest BCUT2D eigenvalue weighted by molar-refractivity contribution is 0.100. The van der Waals surface area contributed by atoms with Crippen LogP contribution < -0.4 is 5.32 Å². The van der Waals surface area contributed by atoms with Gasteiger partial charge in [0, 0.05) is 48.0 Å². The summed E-state index contributed by atoms with van der Waals surface area (Å²) >= 11 is 1.86. The molecule has 2 atom stereocenters. The first-order valence-electron chi connectivity index (χ1n) is 9.82. The van der Waals surface area contributed by atoms with Crippen LogP contribution >= 0.6 is 11.3 Å². The first-order valence-corrected chi connectivity index (χ1v) is 10.6. The number of amides is 1. The molecule has 0 aliphatic carbocycles. The number of thiophene rings is 1. The van der Waals surface area contributed by atoms with Crippen molar-refractivity contribution in [3.8, 4) is 0 Å². The number of anilines is 1. The number of carbonyl (C=O) groups excluding carboxylic acids is 1. The van der Waals surface area contributed by atoms with Gasteiger partial charge < -0.3 is 9.88 Å². The second-order valence-corrected chi connectivity index (χ2v) is 9.32. The van der Waals surface area contributed by atoms with Crippen molar-refractivity contribution in [2.75, 3.05) is 18.4 Å². The molecule has 150 valence electrons. The molecular formula is C21H22FN5OS. The Hall–Kier alpha value is -2.58. The van der Waals surface area contributed by atoms with Crippen molar-refractivity contribution in [1.82, 2.24) is 19.7 Å². The molecule has 2 aromatic heterocycles. The third kappa shape index (κ3) is 3.70. The molecule has 1 aromatic carbocycles. The highest BCUT2D eigenvalue weighted by Gasteiger charge is 2.39. The van der Waals surface area contributed by atoms with E-state index < -0.39 is 0 Å². The minimum Gasteiger partial charge on any atom is -0.319 e.